The van der Waals surface area contributed by atoms with Gasteiger partial charge < -0.3 is 5.73 Å². The molecular formula is C14H14N2O. The van der Waals surface area contributed by atoms with E-state index in [0.717, 1.165) is 22.4 Å². The molecule has 0 aliphatic heterocycles. The van der Waals surface area contributed by atoms with E-state index >= 15 is 0 Å². The molecule has 0 aliphatic rings. The lowest BCUT2D eigenvalue weighted by molar-refractivity contribution is 0.1000. The van der Waals surface area contributed by atoms with Crippen LogP contribution in [0.15, 0.2) is 36.5 Å². The first-order valence-electron chi connectivity index (χ1n) is 5.41. The van der Waals surface area contributed by atoms with Crippen molar-refractivity contribution in [1.29, 1.82) is 0 Å². The van der Waals surface area contributed by atoms with Gasteiger partial charge in [-0.05, 0) is 48.7 Å². The van der Waals surface area contributed by atoms with Crippen molar-refractivity contribution in [3.05, 3.63) is 53.3 Å². The largest absolute Gasteiger partial charge is 0.366 e. The molecule has 0 bridgehead atoms. The number of benzene rings is 1. The first-order chi connectivity index (χ1) is 8.08. The van der Waals surface area contributed by atoms with Crippen LogP contribution < -0.4 is 5.73 Å². The summed E-state index contributed by atoms with van der Waals surface area (Å²) in [6.45, 7) is 3.81. The van der Waals surface area contributed by atoms with Gasteiger partial charge in [0.05, 0.1) is 0 Å². The third-order valence-corrected chi connectivity index (χ3v) is 2.73. The molecule has 2 aromatic rings. The number of hydrogen-bond acceptors (Lipinski definition) is 2. The Hall–Kier alpha value is -2.16. The highest BCUT2D eigenvalue weighted by atomic mass is 16.1. The topological polar surface area (TPSA) is 56.0 Å². The summed E-state index contributed by atoms with van der Waals surface area (Å²) < 4.78 is 0. The van der Waals surface area contributed by atoms with Crippen molar-refractivity contribution in [1.82, 2.24) is 4.98 Å². The molecule has 17 heavy (non-hydrogen) atoms. The Labute approximate surface area is 100 Å². The molecule has 2 rings (SSSR count). The molecule has 1 aromatic carbocycles. The lowest BCUT2D eigenvalue weighted by Crippen LogP contribution is -2.12. The fourth-order valence-electron chi connectivity index (χ4n) is 1.79. The Kier molecular flexibility index (Phi) is 2.91. The molecule has 1 amide bonds. The smallest absolute Gasteiger partial charge is 0.248 e. The van der Waals surface area contributed by atoms with Gasteiger partial charge in [0.25, 0.3) is 0 Å². The van der Waals surface area contributed by atoms with Gasteiger partial charge in [0, 0.05) is 17.5 Å². The van der Waals surface area contributed by atoms with E-state index in [1.165, 1.54) is 0 Å². The Morgan fingerprint density at radius 3 is 2.47 bits per heavy atom. The quantitative estimate of drug-likeness (QED) is 0.855. The number of carbonyl (C=O) groups is 1. The fourth-order valence-corrected chi connectivity index (χ4v) is 1.79. The molecule has 0 spiro atoms. The summed E-state index contributed by atoms with van der Waals surface area (Å²) in [6.07, 6.45) is 1.76. The number of nitrogens with two attached hydrogens (primary N) is 1. The summed E-state index contributed by atoms with van der Waals surface area (Å²) in [5.74, 6) is -0.393. The molecule has 0 saturated heterocycles. The van der Waals surface area contributed by atoms with Crippen molar-refractivity contribution in [3.63, 3.8) is 0 Å². The molecule has 0 unspecified atom stereocenters. The lowest BCUT2D eigenvalue weighted by atomic mass is 10.00. The minimum atomic E-state index is -0.393. The Balaban J connectivity index is 2.54. The lowest BCUT2D eigenvalue weighted by Gasteiger charge is -2.06. The zero-order chi connectivity index (χ0) is 12.4. The summed E-state index contributed by atoms with van der Waals surface area (Å²) in [7, 11) is 0. The minimum Gasteiger partial charge on any atom is -0.366 e. The number of hydrogen-bond donors (Lipinski definition) is 1. The Bertz CT molecular complexity index is 576. The SMILES string of the molecule is Cc1cc(-c2ccc(C)c(C(N)=O)c2)ccn1. The third kappa shape index (κ3) is 2.33. The summed E-state index contributed by atoms with van der Waals surface area (Å²) >= 11 is 0. The van der Waals surface area contributed by atoms with Gasteiger partial charge in [-0.3, -0.25) is 9.78 Å². The molecule has 2 N–H and O–H groups in total. The minimum absolute atomic E-state index is 0.393. The first-order valence-corrected chi connectivity index (χ1v) is 5.41. The number of pyridine rings is 1. The molecule has 0 saturated carbocycles. The van der Waals surface area contributed by atoms with Gasteiger partial charge in [0.1, 0.15) is 0 Å². The second-order valence-electron chi connectivity index (χ2n) is 4.08. The van der Waals surface area contributed by atoms with Gasteiger partial charge in [0.15, 0.2) is 0 Å². The molecule has 0 fully saturated rings. The molecule has 0 aliphatic carbocycles. The van der Waals surface area contributed by atoms with Crippen LogP contribution >= 0.6 is 0 Å². The maximum Gasteiger partial charge on any atom is 0.248 e. The number of nitrogens with zero attached hydrogens (tertiary/aromatic N) is 1. The van der Waals surface area contributed by atoms with Crippen LogP contribution in [0.1, 0.15) is 21.6 Å². The van der Waals surface area contributed by atoms with E-state index in [1.54, 1.807) is 6.20 Å². The highest BCUT2D eigenvalue weighted by Crippen LogP contribution is 2.22. The maximum absolute atomic E-state index is 11.3. The van der Waals surface area contributed by atoms with E-state index in [-0.39, 0.29) is 0 Å². The molecule has 1 aromatic heterocycles. The highest BCUT2D eigenvalue weighted by Gasteiger charge is 2.07. The van der Waals surface area contributed by atoms with Crippen LogP contribution in [0, 0.1) is 13.8 Å². The number of aromatic nitrogens is 1. The van der Waals surface area contributed by atoms with Crippen LogP contribution in [-0.4, -0.2) is 10.9 Å². The van der Waals surface area contributed by atoms with Crippen molar-refractivity contribution in [2.24, 2.45) is 5.73 Å². The monoisotopic (exact) mass is 226 g/mol. The second kappa shape index (κ2) is 4.37. The van der Waals surface area contributed by atoms with Crippen molar-refractivity contribution < 1.29 is 4.79 Å². The van der Waals surface area contributed by atoms with Crippen molar-refractivity contribution in [3.8, 4) is 11.1 Å². The van der Waals surface area contributed by atoms with Gasteiger partial charge >= 0.3 is 0 Å². The van der Waals surface area contributed by atoms with E-state index in [4.69, 9.17) is 5.73 Å². The van der Waals surface area contributed by atoms with Crippen LogP contribution in [0.5, 0.6) is 0 Å². The van der Waals surface area contributed by atoms with E-state index in [2.05, 4.69) is 4.98 Å². The summed E-state index contributed by atoms with van der Waals surface area (Å²) in [6, 6.07) is 9.62. The zero-order valence-electron chi connectivity index (χ0n) is 9.90. The van der Waals surface area contributed by atoms with E-state index in [0.29, 0.717) is 5.56 Å². The van der Waals surface area contributed by atoms with Gasteiger partial charge in [-0.25, -0.2) is 0 Å². The van der Waals surface area contributed by atoms with Gasteiger partial charge in [-0.2, -0.15) is 0 Å². The number of aryl methyl sites for hydroxylation is 2. The van der Waals surface area contributed by atoms with Gasteiger partial charge in [-0.1, -0.05) is 12.1 Å². The van der Waals surface area contributed by atoms with Crippen LogP contribution in [0.4, 0.5) is 0 Å². The summed E-state index contributed by atoms with van der Waals surface area (Å²) in [5, 5.41) is 0. The maximum atomic E-state index is 11.3. The number of carbonyl (C=O) groups excluding carboxylic acids is 1. The molecule has 0 atom stereocenters. The molecule has 3 heteroatoms. The highest BCUT2D eigenvalue weighted by molar-refractivity contribution is 5.95. The van der Waals surface area contributed by atoms with E-state index < -0.39 is 5.91 Å². The standard InChI is InChI=1S/C14H14N2O/c1-9-3-4-11(8-13(9)14(15)17)12-5-6-16-10(2)7-12/h3-8H,1-2H3,(H2,15,17). The van der Waals surface area contributed by atoms with Crippen molar-refractivity contribution in [2.75, 3.05) is 0 Å². The van der Waals surface area contributed by atoms with E-state index in [1.807, 2.05) is 44.2 Å². The van der Waals surface area contributed by atoms with Crippen LogP contribution in [0.2, 0.25) is 0 Å². The molecule has 1 heterocycles. The fraction of sp³-hybridized carbons (Fsp3) is 0.143. The first kappa shape index (κ1) is 11.3. The second-order valence-corrected chi connectivity index (χ2v) is 4.08. The predicted molar refractivity (Wildman–Crippen MR) is 67.7 cm³/mol. The molecule has 0 radical (unpaired) electrons. The summed E-state index contributed by atoms with van der Waals surface area (Å²) in [4.78, 5) is 15.4. The average molecular weight is 226 g/mol. The van der Waals surface area contributed by atoms with Gasteiger partial charge in [0.2, 0.25) is 5.91 Å². The number of amides is 1. The number of primary amides is 1. The molecule has 86 valence electrons. The normalized spacial score (nSPS) is 10.2. The third-order valence-electron chi connectivity index (χ3n) is 2.73. The average Bonchev–Trinajstić information content (AvgIpc) is 2.29. The molecular weight excluding hydrogens is 212 g/mol. The number of rotatable bonds is 2. The van der Waals surface area contributed by atoms with Crippen molar-refractivity contribution in [2.45, 2.75) is 13.8 Å². The van der Waals surface area contributed by atoms with Crippen LogP contribution in [0.25, 0.3) is 11.1 Å². The summed E-state index contributed by atoms with van der Waals surface area (Å²) in [5.41, 5.74) is 9.77. The predicted octanol–water partition coefficient (Wildman–Crippen LogP) is 2.46. The van der Waals surface area contributed by atoms with E-state index in [9.17, 15) is 4.79 Å². The van der Waals surface area contributed by atoms with Crippen LogP contribution in [0.3, 0.4) is 0 Å². The molecule has 3 nitrogen and oxygen atoms in total. The Morgan fingerprint density at radius 2 is 1.82 bits per heavy atom. The Morgan fingerprint density at radius 1 is 1.12 bits per heavy atom. The zero-order valence-corrected chi connectivity index (χ0v) is 9.90. The van der Waals surface area contributed by atoms with Crippen molar-refractivity contribution >= 4 is 5.91 Å². The van der Waals surface area contributed by atoms with Crippen LogP contribution in [-0.2, 0) is 0 Å². The van der Waals surface area contributed by atoms with Gasteiger partial charge in [-0.15, -0.1) is 0 Å².